The lowest BCUT2D eigenvalue weighted by atomic mass is 9.97. The molecule has 0 radical (unpaired) electrons. The van der Waals surface area contributed by atoms with Crippen molar-refractivity contribution >= 4 is 34.2 Å². The number of carbonyl (C=O) groups excluding carboxylic acids is 2. The van der Waals surface area contributed by atoms with E-state index in [1.54, 1.807) is 6.92 Å². The van der Waals surface area contributed by atoms with Crippen molar-refractivity contribution in [3.8, 4) is 22.7 Å². The highest BCUT2D eigenvalue weighted by molar-refractivity contribution is 6.12. The van der Waals surface area contributed by atoms with E-state index in [4.69, 9.17) is 8.85 Å². The van der Waals surface area contributed by atoms with Crippen molar-refractivity contribution in [2.75, 3.05) is 37.0 Å². The summed E-state index contributed by atoms with van der Waals surface area (Å²) in [6, 6.07) is 3.22. The molecular formula is C35H37F2N7O4. The zero-order valence-electron chi connectivity index (χ0n) is 30.4. The molecular weight excluding hydrogens is 620 g/mol. The number of carbonyl (C=O) groups is 2. The van der Waals surface area contributed by atoms with Gasteiger partial charge < -0.3 is 19.4 Å². The van der Waals surface area contributed by atoms with E-state index in [1.165, 1.54) is 35.4 Å². The van der Waals surface area contributed by atoms with Crippen molar-refractivity contribution in [2.24, 2.45) is 0 Å². The zero-order valence-corrected chi connectivity index (χ0v) is 27.4. The predicted octanol–water partition coefficient (Wildman–Crippen LogP) is 4.94. The number of methoxy groups -OCH3 is 1. The van der Waals surface area contributed by atoms with Crippen LogP contribution in [0.15, 0.2) is 48.0 Å². The fourth-order valence-electron chi connectivity index (χ4n) is 6.63. The van der Waals surface area contributed by atoms with E-state index in [9.17, 15) is 9.59 Å². The third-order valence-electron chi connectivity index (χ3n) is 8.89. The first-order valence-corrected chi connectivity index (χ1v) is 15.5. The number of anilines is 2. The summed E-state index contributed by atoms with van der Waals surface area (Å²) in [5.41, 5.74) is -1.47. The van der Waals surface area contributed by atoms with Crippen molar-refractivity contribution in [2.45, 2.75) is 58.5 Å². The lowest BCUT2D eigenvalue weighted by molar-refractivity contribution is -0.130. The summed E-state index contributed by atoms with van der Waals surface area (Å²) < 4.78 is 64.0. The molecule has 4 aromatic rings. The number of piperazine rings is 1. The molecule has 0 unspecified atom stereocenters. The standard InChI is InChI=1S/C35H37F2N7O4/c1-9-25(45)42-15-23-34(46)41(7)32-30(43(23)14-19(42)6)20-13-22(37)29(26-21(36)11-10-12-24(26)48-8)40-33(20)44(35(32)47)31-27(17(2)3)38-16-39-28(31)18(4)5/h9-13,16-19,23H,1,14-15H2,2-8H3/t19-,23-/m1/s1/i7D3. The first-order valence-electron chi connectivity index (χ1n) is 17.0. The Morgan fingerprint density at radius 1 is 1.06 bits per heavy atom. The Bertz CT molecular complexity index is 2150. The molecule has 2 aliphatic heterocycles. The van der Waals surface area contributed by atoms with Crippen LogP contribution in [0, 0.1) is 11.6 Å². The van der Waals surface area contributed by atoms with Crippen molar-refractivity contribution < 1.29 is 27.2 Å². The van der Waals surface area contributed by atoms with Gasteiger partial charge in [0.15, 0.2) is 11.5 Å². The first-order chi connectivity index (χ1) is 24.0. The Hall–Kier alpha value is -5.20. The van der Waals surface area contributed by atoms with Gasteiger partial charge in [-0.2, -0.15) is 0 Å². The van der Waals surface area contributed by atoms with Gasteiger partial charge in [0.25, 0.3) is 11.5 Å². The number of fused-ring (bicyclic) bond motifs is 5. The van der Waals surface area contributed by atoms with Gasteiger partial charge in [0, 0.05) is 29.1 Å². The molecule has 0 bridgehead atoms. The lowest BCUT2D eigenvalue weighted by Crippen LogP contribution is -2.66. The fraction of sp³-hybridized carbons (Fsp3) is 0.371. The highest BCUT2D eigenvalue weighted by atomic mass is 19.1. The number of hydrogen-bond donors (Lipinski definition) is 0. The number of hydrogen-bond acceptors (Lipinski definition) is 8. The number of nitrogens with zero attached hydrogens (tertiary/aromatic N) is 7. The van der Waals surface area contributed by atoms with Crippen LogP contribution in [0.2, 0.25) is 0 Å². The van der Waals surface area contributed by atoms with Gasteiger partial charge in [-0.05, 0) is 43.0 Å². The lowest BCUT2D eigenvalue weighted by Gasteiger charge is -2.49. The molecule has 0 N–H and O–H groups in total. The van der Waals surface area contributed by atoms with Crippen LogP contribution >= 0.6 is 0 Å². The van der Waals surface area contributed by atoms with Crippen LogP contribution < -0.4 is 20.1 Å². The Morgan fingerprint density at radius 2 is 1.75 bits per heavy atom. The van der Waals surface area contributed by atoms with E-state index in [0.29, 0.717) is 16.3 Å². The number of pyridine rings is 2. The van der Waals surface area contributed by atoms with Gasteiger partial charge in [0.2, 0.25) is 5.91 Å². The Balaban J connectivity index is 1.84. The highest BCUT2D eigenvalue weighted by Crippen LogP contribution is 2.44. The maximum atomic E-state index is 16.6. The van der Waals surface area contributed by atoms with Crippen LogP contribution in [0.3, 0.4) is 0 Å². The molecule has 13 heteroatoms. The second-order valence-corrected chi connectivity index (χ2v) is 12.5. The molecule has 1 aromatic carbocycles. The Kier molecular flexibility index (Phi) is 7.31. The van der Waals surface area contributed by atoms with Crippen LogP contribution in [0.5, 0.6) is 5.75 Å². The topological polar surface area (TPSA) is 114 Å². The van der Waals surface area contributed by atoms with Crippen LogP contribution in [-0.4, -0.2) is 75.5 Å². The first kappa shape index (κ1) is 29.0. The van der Waals surface area contributed by atoms with E-state index in [1.807, 2.05) is 27.7 Å². The molecule has 2 aliphatic rings. The van der Waals surface area contributed by atoms with Gasteiger partial charge in [0.05, 0.1) is 42.0 Å². The van der Waals surface area contributed by atoms with Gasteiger partial charge in [-0.15, -0.1) is 0 Å². The van der Waals surface area contributed by atoms with Crippen LogP contribution in [0.1, 0.15) is 62.0 Å². The number of rotatable bonds is 6. The molecule has 11 nitrogen and oxygen atoms in total. The number of likely N-dealkylation sites (N-methyl/N-ethyl adjacent to an activating group) is 1. The number of aromatic nitrogens is 4. The number of ether oxygens (including phenoxy) is 1. The summed E-state index contributed by atoms with van der Waals surface area (Å²) in [7, 11) is 1.30. The summed E-state index contributed by atoms with van der Waals surface area (Å²) in [5, 5.41) is -0.0307. The molecule has 6 rings (SSSR count). The van der Waals surface area contributed by atoms with E-state index in [-0.39, 0.29) is 58.6 Å². The van der Waals surface area contributed by atoms with Crippen molar-refractivity contribution in [1.82, 2.24) is 24.4 Å². The second kappa shape index (κ2) is 12.1. The van der Waals surface area contributed by atoms with Crippen molar-refractivity contribution in [3.63, 3.8) is 0 Å². The SMILES string of the molecule is [2H]C([2H])([2H])N1C(=O)[C@H]2CN(C(=O)C=C)[C@H](C)CN2c2c1c(=O)n(-c1c(C(C)C)ncnc1C(C)C)c1nc(-c3c(F)cccc3OC)c(F)cc21. The molecule has 2 amide bonds. The molecule has 2 atom stereocenters. The van der Waals surface area contributed by atoms with E-state index in [0.717, 1.165) is 22.8 Å². The third kappa shape index (κ3) is 4.90. The van der Waals surface area contributed by atoms with Crippen molar-refractivity contribution in [1.29, 1.82) is 0 Å². The predicted molar refractivity (Wildman–Crippen MR) is 179 cm³/mol. The maximum Gasteiger partial charge on any atom is 0.283 e. The molecule has 0 spiro atoms. The van der Waals surface area contributed by atoms with Gasteiger partial charge in [-0.25, -0.2) is 23.7 Å². The summed E-state index contributed by atoms with van der Waals surface area (Å²) in [5.74, 6) is -3.87. The van der Waals surface area contributed by atoms with E-state index in [2.05, 4.69) is 21.5 Å². The largest absolute Gasteiger partial charge is 0.496 e. The van der Waals surface area contributed by atoms with E-state index >= 15 is 13.6 Å². The molecule has 1 fully saturated rings. The minimum Gasteiger partial charge on any atom is -0.496 e. The summed E-state index contributed by atoms with van der Waals surface area (Å²) in [4.78, 5) is 59.3. The number of amides is 2. The molecule has 0 saturated carbocycles. The summed E-state index contributed by atoms with van der Waals surface area (Å²) in [6.07, 6.45) is 2.46. The van der Waals surface area contributed by atoms with Gasteiger partial charge in [-0.3, -0.25) is 19.0 Å². The minimum atomic E-state index is -3.18. The molecule has 250 valence electrons. The molecule has 48 heavy (non-hydrogen) atoms. The quantitative estimate of drug-likeness (QED) is 0.267. The minimum absolute atomic E-state index is 0.0162. The van der Waals surface area contributed by atoms with Crippen LogP contribution in [0.4, 0.5) is 20.2 Å². The van der Waals surface area contributed by atoms with Gasteiger partial charge in [-0.1, -0.05) is 40.3 Å². The molecule has 3 aromatic heterocycles. The fourth-order valence-corrected chi connectivity index (χ4v) is 6.63. The normalized spacial score (nSPS) is 18.8. The third-order valence-corrected chi connectivity index (χ3v) is 8.89. The second-order valence-electron chi connectivity index (χ2n) is 12.5. The average molecular weight is 661 g/mol. The monoisotopic (exact) mass is 660 g/mol. The number of halogens is 2. The molecule has 0 aliphatic carbocycles. The van der Waals surface area contributed by atoms with Crippen LogP contribution in [0.25, 0.3) is 28.0 Å². The van der Waals surface area contributed by atoms with Crippen LogP contribution in [-0.2, 0) is 9.59 Å². The molecule has 1 saturated heterocycles. The zero-order chi connectivity index (χ0) is 37.3. The average Bonchev–Trinajstić information content (AvgIpc) is 3.07. The molecule has 5 heterocycles. The van der Waals surface area contributed by atoms with Crippen molar-refractivity contribution in [3.05, 3.63) is 76.6 Å². The maximum absolute atomic E-state index is 16.6. The van der Waals surface area contributed by atoms with Gasteiger partial charge in [0.1, 0.15) is 35.3 Å². The van der Waals surface area contributed by atoms with Gasteiger partial charge >= 0.3 is 0 Å². The smallest absolute Gasteiger partial charge is 0.283 e. The highest BCUT2D eigenvalue weighted by Gasteiger charge is 2.46. The Morgan fingerprint density at radius 3 is 2.35 bits per heavy atom. The summed E-state index contributed by atoms with van der Waals surface area (Å²) >= 11 is 0. The number of benzene rings is 1. The summed E-state index contributed by atoms with van der Waals surface area (Å²) in [6.45, 7) is 9.22. The van der Waals surface area contributed by atoms with E-state index < -0.39 is 59.4 Å². The Labute approximate surface area is 280 Å².